The predicted molar refractivity (Wildman–Crippen MR) is 71.6 cm³/mol. The molecule has 0 fully saturated rings. The maximum absolute atomic E-state index is 13.2. The van der Waals surface area contributed by atoms with Gasteiger partial charge in [0, 0.05) is 6.07 Å². The maximum atomic E-state index is 13.2. The van der Waals surface area contributed by atoms with Gasteiger partial charge in [-0.25, -0.2) is 4.39 Å². The molecule has 0 N–H and O–H groups in total. The number of benzene rings is 1. The summed E-state index contributed by atoms with van der Waals surface area (Å²) in [4.78, 5) is 0. The van der Waals surface area contributed by atoms with E-state index in [-0.39, 0.29) is 11.6 Å². The molecule has 100 valence electrons. The van der Waals surface area contributed by atoms with E-state index < -0.39 is 0 Å². The Morgan fingerprint density at radius 3 is 2.61 bits per heavy atom. The van der Waals surface area contributed by atoms with E-state index >= 15 is 0 Å². The van der Waals surface area contributed by atoms with Gasteiger partial charge in [-0.1, -0.05) is 26.0 Å². The Bertz CT molecular complexity index is 415. The van der Waals surface area contributed by atoms with Crippen molar-refractivity contribution in [3.05, 3.63) is 36.2 Å². The lowest BCUT2D eigenvalue weighted by Crippen LogP contribution is -2.17. The molecule has 0 spiro atoms. The number of allylic oxidation sites excluding steroid dienone is 1. The Labute approximate surface area is 108 Å². The van der Waals surface area contributed by atoms with Crippen LogP contribution in [-0.4, -0.2) is 13.7 Å². The average Bonchev–Trinajstić information content (AvgIpc) is 2.36. The van der Waals surface area contributed by atoms with Gasteiger partial charge in [0.15, 0.2) is 11.6 Å². The van der Waals surface area contributed by atoms with Gasteiger partial charge in [-0.05, 0) is 30.9 Å². The fourth-order valence-electron chi connectivity index (χ4n) is 1.59. The summed E-state index contributed by atoms with van der Waals surface area (Å²) in [5.41, 5.74) is 1.14. The van der Waals surface area contributed by atoms with Crippen LogP contribution in [0.3, 0.4) is 0 Å². The molecule has 1 aromatic rings. The van der Waals surface area contributed by atoms with Gasteiger partial charge in [0.2, 0.25) is 0 Å². The smallest absolute Gasteiger partial charge is 0.165 e. The molecule has 1 aromatic carbocycles. The minimum atomic E-state index is -0.381. The molecule has 0 saturated heterocycles. The van der Waals surface area contributed by atoms with Crippen LogP contribution in [0.1, 0.15) is 20.8 Å². The third-order valence-electron chi connectivity index (χ3n) is 3.27. The second kappa shape index (κ2) is 6.43. The van der Waals surface area contributed by atoms with Gasteiger partial charge in [-0.3, -0.25) is 0 Å². The SMILES string of the molecule is C=C(C)C(C)C(C)COc1ccc(F)c(OC)c1. The summed E-state index contributed by atoms with van der Waals surface area (Å²) in [5, 5.41) is 0. The van der Waals surface area contributed by atoms with Crippen LogP contribution in [0.2, 0.25) is 0 Å². The molecule has 0 aliphatic heterocycles. The quantitative estimate of drug-likeness (QED) is 0.711. The third kappa shape index (κ3) is 3.76. The molecule has 0 aliphatic rings. The molecular weight excluding hydrogens is 231 g/mol. The van der Waals surface area contributed by atoms with Crippen LogP contribution in [0.4, 0.5) is 4.39 Å². The van der Waals surface area contributed by atoms with E-state index in [0.29, 0.717) is 24.2 Å². The summed E-state index contributed by atoms with van der Waals surface area (Å²) < 4.78 is 23.8. The number of hydrogen-bond acceptors (Lipinski definition) is 2. The molecule has 2 nitrogen and oxygen atoms in total. The fraction of sp³-hybridized carbons (Fsp3) is 0.467. The van der Waals surface area contributed by atoms with Gasteiger partial charge >= 0.3 is 0 Å². The zero-order valence-electron chi connectivity index (χ0n) is 11.5. The van der Waals surface area contributed by atoms with E-state index in [9.17, 15) is 4.39 Å². The van der Waals surface area contributed by atoms with E-state index in [0.717, 1.165) is 5.57 Å². The summed E-state index contributed by atoms with van der Waals surface area (Å²) >= 11 is 0. The lowest BCUT2D eigenvalue weighted by molar-refractivity contribution is 0.228. The van der Waals surface area contributed by atoms with Crippen molar-refractivity contribution in [1.82, 2.24) is 0 Å². The van der Waals surface area contributed by atoms with Crippen LogP contribution in [0, 0.1) is 17.7 Å². The van der Waals surface area contributed by atoms with Crippen molar-refractivity contribution in [1.29, 1.82) is 0 Å². The zero-order valence-corrected chi connectivity index (χ0v) is 11.5. The van der Waals surface area contributed by atoms with Crippen molar-refractivity contribution in [3.63, 3.8) is 0 Å². The minimum Gasteiger partial charge on any atom is -0.494 e. The summed E-state index contributed by atoms with van der Waals surface area (Å²) in [6, 6.07) is 4.52. The van der Waals surface area contributed by atoms with E-state index in [4.69, 9.17) is 9.47 Å². The molecule has 0 bridgehead atoms. The first-order valence-corrected chi connectivity index (χ1v) is 6.07. The highest BCUT2D eigenvalue weighted by molar-refractivity contribution is 5.34. The number of ether oxygens (including phenoxy) is 2. The molecule has 1 rings (SSSR count). The summed E-state index contributed by atoms with van der Waals surface area (Å²) in [6.45, 7) is 10.8. The Kier molecular flexibility index (Phi) is 5.20. The Balaban J connectivity index is 2.61. The fourth-order valence-corrected chi connectivity index (χ4v) is 1.59. The van der Waals surface area contributed by atoms with E-state index in [1.54, 1.807) is 12.1 Å². The van der Waals surface area contributed by atoms with Crippen molar-refractivity contribution < 1.29 is 13.9 Å². The lowest BCUT2D eigenvalue weighted by atomic mass is 9.91. The van der Waals surface area contributed by atoms with Crippen molar-refractivity contribution >= 4 is 0 Å². The van der Waals surface area contributed by atoms with Crippen LogP contribution < -0.4 is 9.47 Å². The lowest BCUT2D eigenvalue weighted by Gasteiger charge is -2.20. The van der Waals surface area contributed by atoms with Crippen LogP contribution in [0.5, 0.6) is 11.5 Å². The normalized spacial score (nSPS) is 13.8. The Morgan fingerprint density at radius 2 is 2.06 bits per heavy atom. The van der Waals surface area contributed by atoms with Crippen LogP contribution in [-0.2, 0) is 0 Å². The third-order valence-corrected chi connectivity index (χ3v) is 3.27. The van der Waals surface area contributed by atoms with Gasteiger partial charge in [0.05, 0.1) is 13.7 Å². The number of hydrogen-bond donors (Lipinski definition) is 0. The van der Waals surface area contributed by atoms with Gasteiger partial charge in [-0.15, -0.1) is 0 Å². The molecule has 2 unspecified atom stereocenters. The summed E-state index contributed by atoms with van der Waals surface area (Å²) in [5.74, 6) is 1.20. The highest BCUT2D eigenvalue weighted by atomic mass is 19.1. The van der Waals surface area contributed by atoms with E-state index in [2.05, 4.69) is 20.4 Å². The van der Waals surface area contributed by atoms with Crippen LogP contribution >= 0.6 is 0 Å². The molecule has 18 heavy (non-hydrogen) atoms. The summed E-state index contributed by atoms with van der Waals surface area (Å²) in [7, 11) is 1.44. The van der Waals surface area contributed by atoms with Crippen LogP contribution in [0.15, 0.2) is 30.4 Å². The summed E-state index contributed by atoms with van der Waals surface area (Å²) in [6.07, 6.45) is 0. The molecular formula is C15H21FO2. The number of methoxy groups -OCH3 is 1. The van der Waals surface area contributed by atoms with Gasteiger partial charge in [0.1, 0.15) is 5.75 Å². The van der Waals surface area contributed by atoms with Gasteiger partial charge < -0.3 is 9.47 Å². The number of rotatable bonds is 6. The predicted octanol–water partition coefficient (Wildman–Crippen LogP) is 4.06. The highest BCUT2D eigenvalue weighted by Gasteiger charge is 2.14. The first-order valence-electron chi connectivity index (χ1n) is 6.07. The van der Waals surface area contributed by atoms with E-state index in [1.165, 1.54) is 13.2 Å². The molecule has 0 radical (unpaired) electrons. The molecule has 0 aromatic heterocycles. The van der Waals surface area contributed by atoms with Crippen molar-refractivity contribution in [2.45, 2.75) is 20.8 Å². The second-order valence-electron chi connectivity index (χ2n) is 4.72. The molecule has 3 heteroatoms. The van der Waals surface area contributed by atoms with E-state index in [1.807, 2.05) is 6.92 Å². The topological polar surface area (TPSA) is 18.5 Å². The Hall–Kier alpha value is -1.51. The monoisotopic (exact) mass is 252 g/mol. The van der Waals surface area contributed by atoms with Crippen molar-refractivity contribution in [2.24, 2.45) is 11.8 Å². The van der Waals surface area contributed by atoms with Gasteiger partial charge in [-0.2, -0.15) is 0 Å². The first-order chi connectivity index (χ1) is 8.45. The first kappa shape index (κ1) is 14.6. The molecule has 0 saturated carbocycles. The van der Waals surface area contributed by atoms with Gasteiger partial charge in [0.25, 0.3) is 0 Å². The molecule has 0 heterocycles. The second-order valence-corrected chi connectivity index (χ2v) is 4.72. The van der Waals surface area contributed by atoms with Crippen LogP contribution in [0.25, 0.3) is 0 Å². The molecule has 0 amide bonds. The molecule has 0 aliphatic carbocycles. The Morgan fingerprint density at radius 1 is 1.39 bits per heavy atom. The highest BCUT2D eigenvalue weighted by Crippen LogP contribution is 2.25. The average molecular weight is 252 g/mol. The minimum absolute atomic E-state index is 0.202. The maximum Gasteiger partial charge on any atom is 0.165 e. The molecule has 2 atom stereocenters. The number of halogens is 1. The zero-order chi connectivity index (χ0) is 13.7. The van der Waals surface area contributed by atoms with Crippen molar-refractivity contribution in [3.8, 4) is 11.5 Å². The van der Waals surface area contributed by atoms with Crippen molar-refractivity contribution in [2.75, 3.05) is 13.7 Å². The largest absolute Gasteiger partial charge is 0.494 e. The standard InChI is InChI=1S/C15H21FO2/c1-10(2)12(4)11(3)9-18-13-6-7-14(16)15(8-13)17-5/h6-8,11-12H,1,9H2,2-5H3.